The first kappa shape index (κ1) is 18.0. The number of nitrogens with zero attached hydrogens (tertiary/aromatic N) is 1. The minimum Gasteiger partial charge on any atom is -0.398 e. The first-order valence-electron chi connectivity index (χ1n) is 7.56. The average molecular weight is 356 g/mol. The molecule has 1 rings (SSSR count). The fraction of sp³-hybridized carbons (Fsp3) is 0.562. The molecule has 0 radical (unpaired) electrons. The topological polar surface area (TPSA) is 58.4 Å². The Morgan fingerprint density at radius 3 is 2.62 bits per heavy atom. The van der Waals surface area contributed by atoms with Gasteiger partial charge in [-0.15, -0.1) is 0 Å². The fourth-order valence-electron chi connectivity index (χ4n) is 2.27. The van der Waals surface area contributed by atoms with Crippen molar-refractivity contribution in [2.75, 3.05) is 25.4 Å². The van der Waals surface area contributed by atoms with E-state index >= 15 is 0 Å². The van der Waals surface area contributed by atoms with Gasteiger partial charge in [-0.25, -0.2) is 0 Å². The molecule has 21 heavy (non-hydrogen) atoms. The van der Waals surface area contributed by atoms with Crippen LogP contribution in [0.25, 0.3) is 0 Å². The number of halogens is 1. The van der Waals surface area contributed by atoms with Crippen molar-refractivity contribution >= 4 is 27.5 Å². The zero-order valence-electron chi connectivity index (χ0n) is 13.2. The number of nitrogen functional groups attached to an aromatic ring is 1. The lowest BCUT2D eigenvalue weighted by Crippen LogP contribution is -2.34. The van der Waals surface area contributed by atoms with Gasteiger partial charge in [-0.3, -0.25) is 4.79 Å². The molecular formula is C16H26BrN3O. The summed E-state index contributed by atoms with van der Waals surface area (Å²) >= 11 is 3.34. The van der Waals surface area contributed by atoms with Gasteiger partial charge in [0.2, 0.25) is 0 Å². The lowest BCUT2D eigenvalue weighted by Gasteiger charge is -2.20. The number of hydrogen-bond donors (Lipinski definition) is 2. The van der Waals surface area contributed by atoms with Gasteiger partial charge >= 0.3 is 0 Å². The number of nitrogens with two attached hydrogens (primary N) is 1. The quantitative estimate of drug-likeness (QED) is 0.703. The van der Waals surface area contributed by atoms with Crippen molar-refractivity contribution in [2.45, 2.75) is 39.7 Å². The molecule has 1 unspecified atom stereocenters. The Morgan fingerprint density at radius 1 is 1.38 bits per heavy atom. The van der Waals surface area contributed by atoms with Crippen LogP contribution in [0.2, 0.25) is 0 Å². The van der Waals surface area contributed by atoms with Crippen LogP contribution < -0.4 is 11.1 Å². The highest BCUT2D eigenvalue weighted by Gasteiger charge is 2.13. The highest BCUT2D eigenvalue weighted by molar-refractivity contribution is 9.10. The molecule has 0 heterocycles. The van der Waals surface area contributed by atoms with E-state index in [1.54, 1.807) is 12.1 Å². The van der Waals surface area contributed by atoms with Crippen molar-refractivity contribution in [3.63, 3.8) is 0 Å². The number of rotatable bonds is 8. The SMILES string of the molecule is CCN(CC)CCCC(C)NC(=O)c1ccc(Br)cc1N. The molecule has 0 aromatic heterocycles. The van der Waals surface area contributed by atoms with Crippen molar-refractivity contribution in [2.24, 2.45) is 0 Å². The number of nitrogens with one attached hydrogen (secondary N) is 1. The van der Waals surface area contributed by atoms with E-state index in [9.17, 15) is 4.79 Å². The summed E-state index contributed by atoms with van der Waals surface area (Å²) in [5.41, 5.74) is 6.91. The minimum absolute atomic E-state index is 0.102. The molecule has 1 amide bonds. The van der Waals surface area contributed by atoms with E-state index in [0.717, 1.165) is 36.9 Å². The van der Waals surface area contributed by atoms with Crippen molar-refractivity contribution in [1.29, 1.82) is 0 Å². The highest BCUT2D eigenvalue weighted by atomic mass is 79.9. The van der Waals surface area contributed by atoms with Gasteiger partial charge in [0.25, 0.3) is 5.91 Å². The molecule has 0 aliphatic carbocycles. The first-order chi connectivity index (χ1) is 9.97. The Kier molecular flexibility index (Phi) is 7.75. The number of hydrogen-bond acceptors (Lipinski definition) is 3. The summed E-state index contributed by atoms with van der Waals surface area (Å²) in [6.45, 7) is 9.61. The summed E-state index contributed by atoms with van der Waals surface area (Å²) in [7, 11) is 0. The molecule has 0 bridgehead atoms. The Morgan fingerprint density at radius 2 is 2.05 bits per heavy atom. The molecule has 1 atom stereocenters. The normalized spacial score (nSPS) is 12.4. The summed E-state index contributed by atoms with van der Waals surface area (Å²) in [5.74, 6) is -0.102. The monoisotopic (exact) mass is 355 g/mol. The summed E-state index contributed by atoms with van der Waals surface area (Å²) in [4.78, 5) is 14.6. The number of amides is 1. The maximum Gasteiger partial charge on any atom is 0.253 e. The maximum atomic E-state index is 12.2. The van der Waals surface area contributed by atoms with E-state index in [1.807, 2.05) is 13.0 Å². The molecule has 1 aromatic rings. The molecule has 0 aliphatic rings. The van der Waals surface area contributed by atoms with Crippen LogP contribution in [0.5, 0.6) is 0 Å². The van der Waals surface area contributed by atoms with Gasteiger partial charge in [0, 0.05) is 16.2 Å². The van der Waals surface area contributed by atoms with E-state index in [2.05, 4.69) is 40.0 Å². The van der Waals surface area contributed by atoms with E-state index in [0.29, 0.717) is 11.3 Å². The van der Waals surface area contributed by atoms with Gasteiger partial charge in [-0.2, -0.15) is 0 Å². The second-order valence-electron chi connectivity index (χ2n) is 5.28. The molecule has 0 saturated heterocycles. The van der Waals surface area contributed by atoms with E-state index in [4.69, 9.17) is 5.73 Å². The molecule has 4 nitrogen and oxygen atoms in total. The number of benzene rings is 1. The van der Waals surface area contributed by atoms with Crippen LogP contribution in [0.3, 0.4) is 0 Å². The van der Waals surface area contributed by atoms with Crippen molar-refractivity contribution in [1.82, 2.24) is 10.2 Å². The third kappa shape index (κ3) is 6.06. The summed E-state index contributed by atoms with van der Waals surface area (Å²) in [6, 6.07) is 5.48. The molecule has 0 aliphatic heterocycles. The van der Waals surface area contributed by atoms with Crippen molar-refractivity contribution < 1.29 is 4.79 Å². The lowest BCUT2D eigenvalue weighted by molar-refractivity contribution is 0.0938. The third-order valence-electron chi connectivity index (χ3n) is 3.64. The van der Waals surface area contributed by atoms with Gasteiger partial charge in [-0.1, -0.05) is 29.8 Å². The molecule has 0 spiro atoms. The smallest absolute Gasteiger partial charge is 0.253 e. The zero-order chi connectivity index (χ0) is 15.8. The molecule has 0 fully saturated rings. The first-order valence-corrected chi connectivity index (χ1v) is 8.35. The maximum absolute atomic E-state index is 12.2. The van der Waals surface area contributed by atoms with Crippen LogP contribution in [0, 0.1) is 0 Å². The van der Waals surface area contributed by atoms with Crippen LogP contribution in [0.1, 0.15) is 44.0 Å². The Labute approximate surface area is 136 Å². The van der Waals surface area contributed by atoms with E-state index < -0.39 is 0 Å². The standard InChI is InChI=1S/C16H26BrN3O/c1-4-20(5-2)10-6-7-12(3)19-16(21)14-9-8-13(17)11-15(14)18/h8-9,11-12H,4-7,10,18H2,1-3H3,(H,19,21). The van der Waals surface area contributed by atoms with Crippen LogP contribution in [-0.2, 0) is 0 Å². The van der Waals surface area contributed by atoms with Gasteiger partial charge < -0.3 is 16.0 Å². The largest absolute Gasteiger partial charge is 0.398 e. The number of anilines is 1. The molecule has 0 saturated carbocycles. The predicted molar refractivity (Wildman–Crippen MR) is 92.5 cm³/mol. The van der Waals surface area contributed by atoms with Crippen molar-refractivity contribution in [3.05, 3.63) is 28.2 Å². The summed E-state index contributed by atoms with van der Waals surface area (Å²) in [6.07, 6.45) is 2.05. The molecule has 5 heteroatoms. The van der Waals surface area contributed by atoms with Crippen LogP contribution in [-0.4, -0.2) is 36.5 Å². The second kappa shape index (κ2) is 9.05. The predicted octanol–water partition coefficient (Wildman–Crippen LogP) is 3.27. The van der Waals surface area contributed by atoms with Crippen LogP contribution in [0.4, 0.5) is 5.69 Å². The van der Waals surface area contributed by atoms with Gasteiger partial charge in [0.15, 0.2) is 0 Å². The average Bonchev–Trinajstić information content (AvgIpc) is 2.43. The Hall–Kier alpha value is -1.07. The molecule has 3 N–H and O–H groups in total. The number of carbonyl (C=O) groups excluding carboxylic acids is 1. The van der Waals surface area contributed by atoms with Gasteiger partial charge in [-0.05, 0) is 57.6 Å². The van der Waals surface area contributed by atoms with Crippen LogP contribution in [0.15, 0.2) is 22.7 Å². The third-order valence-corrected chi connectivity index (χ3v) is 4.13. The Bertz CT molecular complexity index is 461. The van der Waals surface area contributed by atoms with Gasteiger partial charge in [0.05, 0.1) is 5.56 Å². The van der Waals surface area contributed by atoms with Crippen LogP contribution >= 0.6 is 15.9 Å². The summed E-state index contributed by atoms with van der Waals surface area (Å²) < 4.78 is 0.879. The second-order valence-corrected chi connectivity index (χ2v) is 6.19. The molecular weight excluding hydrogens is 330 g/mol. The fourth-order valence-corrected chi connectivity index (χ4v) is 2.65. The molecule has 118 valence electrons. The minimum atomic E-state index is -0.102. The molecule has 1 aromatic carbocycles. The zero-order valence-corrected chi connectivity index (χ0v) is 14.7. The lowest BCUT2D eigenvalue weighted by atomic mass is 10.1. The van der Waals surface area contributed by atoms with E-state index in [1.165, 1.54) is 0 Å². The Balaban J connectivity index is 2.43. The summed E-state index contributed by atoms with van der Waals surface area (Å²) in [5, 5.41) is 3.01. The number of carbonyl (C=O) groups is 1. The van der Waals surface area contributed by atoms with Gasteiger partial charge in [0.1, 0.15) is 0 Å². The van der Waals surface area contributed by atoms with E-state index in [-0.39, 0.29) is 11.9 Å². The van der Waals surface area contributed by atoms with Crippen molar-refractivity contribution in [3.8, 4) is 0 Å². The highest BCUT2D eigenvalue weighted by Crippen LogP contribution is 2.18.